The van der Waals surface area contributed by atoms with E-state index >= 15 is 0 Å². The highest BCUT2D eigenvalue weighted by Gasteiger charge is 2.22. The Balaban J connectivity index is 2.12. The number of methoxy groups -OCH3 is 1. The second-order valence-electron chi connectivity index (χ2n) is 5.06. The number of likely N-dealkylation sites (N-methyl/N-ethyl adjacent to an activating group) is 1. The number of piperazine rings is 1. The summed E-state index contributed by atoms with van der Waals surface area (Å²) in [5.41, 5.74) is 10.3. The molecule has 1 heterocycles. The first-order chi connectivity index (χ1) is 9.65. The van der Waals surface area contributed by atoms with E-state index in [2.05, 4.69) is 22.4 Å². The molecule has 1 unspecified atom stereocenters. The third-order valence-electron chi connectivity index (χ3n) is 3.66. The van der Waals surface area contributed by atoms with Crippen LogP contribution in [0.2, 0.25) is 5.02 Å². The average molecular weight is 299 g/mol. The number of nitrogens with zero attached hydrogens (tertiary/aromatic N) is 2. The molecule has 0 aliphatic carbocycles. The van der Waals surface area contributed by atoms with Crippen LogP contribution in [0.1, 0.15) is 11.6 Å². The van der Waals surface area contributed by atoms with Crippen LogP contribution < -0.4 is 15.9 Å². The minimum atomic E-state index is -0.0398. The first kappa shape index (κ1) is 15.5. The van der Waals surface area contributed by atoms with Crippen LogP contribution in [0.5, 0.6) is 5.75 Å². The summed E-state index contributed by atoms with van der Waals surface area (Å²) < 4.78 is 5.41. The Morgan fingerprint density at radius 2 is 2.05 bits per heavy atom. The van der Waals surface area contributed by atoms with Crippen molar-refractivity contribution in [2.24, 2.45) is 5.73 Å². The van der Waals surface area contributed by atoms with E-state index in [0.717, 1.165) is 37.5 Å². The average Bonchev–Trinajstić information content (AvgIpc) is 2.47. The van der Waals surface area contributed by atoms with Gasteiger partial charge in [-0.1, -0.05) is 17.7 Å². The Labute approximate surface area is 125 Å². The molecule has 1 atom stereocenters. The molecule has 5 nitrogen and oxygen atoms in total. The first-order valence-electron chi connectivity index (χ1n) is 6.87. The van der Waals surface area contributed by atoms with E-state index in [1.807, 2.05) is 18.2 Å². The Morgan fingerprint density at radius 3 is 2.65 bits per heavy atom. The topological polar surface area (TPSA) is 53.8 Å². The molecule has 112 valence electrons. The molecule has 2 rings (SSSR count). The van der Waals surface area contributed by atoms with Gasteiger partial charge in [-0.2, -0.15) is 0 Å². The molecule has 1 aliphatic heterocycles. The molecule has 0 saturated carbocycles. The van der Waals surface area contributed by atoms with Crippen molar-refractivity contribution in [2.45, 2.75) is 6.04 Å². The number of nitrogens with one attached hydrogen (secondary N) is 1. The highest BCUT2D eigenvalue weighted by molar-refractivity contribution is 6.31. The smallest absolute Gasteiger partial charge is 0.125 e. The largest absolute Gasteiger partial charge is 0.496 e. The first-order valence-corrected chi connectivity index (χ1v) is 7.25. The van der Waals surface area contributed by atoms with Crippen molar-refractivity contribution in [2.75, 3.05) is 46.9 Å². The van der Waals surface area contributed by atoms with E-state index in [0.29, 0.717) is 11.6 Å². The predicted octanol–water partition coefficient (Wildman–Crippen LogP) is 1.10. The zero-order valence-electron chi connectivity index (χ0n) is 12.1. The van der Waals surface area contributed by atoms with E-state index in [1.54, 1.807) is 7.11 Å². The summed E-state index contributed by atoms with van der Waals surface area (Å²) in [5.74, 6) is 0.773. The van der Waals surface area contributed by atoms with Gasteiger partial charge in [-0.25, -0.2) is 10.4 Å². The molecule has 1 aliphatic rings. The Kier molecular flexibility index (Phi) is 5.63. The molecule has 6 heteroatoms. The summed E-state index contributed by atoms with van der Waals surface area (Å²) in [6.45, 7) is 4.50. The lowest BCUT2D eigenvalue weighted by molar-refractivity contribution is 0.0875. The molecule has 3 N–H and O–H groups in total. The summed E-state index contributed by atoms with van der Waals surface area (Å²) in [4.78, 5) is 2.31. The van der Waals surface area contributed by atoms with Crippen molar-refractivity contribution in [1.29, 1.82) is 0 Å². The molecule has 0 radical (unpaired) electrons. The van der Waals surface area contributed by atoms with Gasteiger partial charge in [-0.15, -0.1) is 0 Å². The number of halogens is 1. The minimum Gasteiger partial charge on any atom is -0.496 e. The van der Waals surface area contributed by atoms with Crippen molar-refractivity contribution in [3.05, 3.63) is 28.8 Å². The SMILES string of the molecule is COc1cccc(Cl)c1C(CN)NN1CCN(C)CC1. The number of ether oxygens (including phenoxy) is 1. The summed E-state index contributed by atoms with van der Waals surface area (Å²) in [7, 11) is 3.79. The lowest BCUT2D eigenvalue weighted by Crippen LogP contribution is -2.52. The summed E-state index contributed by atoms with van der Waals surface area (Å²) >= 11 is 6.32. The molecular weight excluding hydrogens is 276 g/mol. The standard InChI is InChI=1S/C14H23ClN4O/c1-18-6-8-19(9-7-18)17-12(10-16)14-11(15)4-3-5-13(14)20-2/h3-5,12,17H,6-10,16H2,1-2H3. The molecule has 1 fully saturated rings. The lowest BCUT2D eigenvalue weighted by Gasteiger charge is -2.35. The quantitative estimate of drug-likeness (QED) is 0.853. The maximum Gasteiger partial charge on any atom is 0.125 e. The van der Waals surface area contributed by atoms with Gasteiger partial charge >= 0.3 is 0 Å². The molecule has 1 saturated heterocycles. The number of hydrogen-bond acceptors (Lipinski definition) is 5. The van der Waals surface area contributed by atoms with Gasteiger partial charge < -0.3 is 15.4 Å². The number of nitrogens with two attached hydrogens (primary N) is 1. The van der Waals surface area contributed by atoms with Gasteiger partial charge in [-0.3, -0.25) is 0 Å². The van der Waals surface area contributed by atoms with Crippen molar-refractivity contribution >= 4 is 11.6 Å². The number of hydrogen-bond donors (Lipinski definition) is 2. The van der Waals surface area contributed by atoms with Crippen LogP contribution in [0.25, 0.3) is 0 Å². The molecule has 20 heavy (non-hydrogen) atoms. The fraction of sp³-hybridized carbons (Fsp3) is 0.571. The molecule has 0 amide bonds. The molecule has 1 aromatic carbocycles. The zero-order valence-corrected chi connectivity index (χ0v) is 12.9. The van der Waals surface area contributed by atoms with Gasteiger partial charge in [-0.05, 0) is 19.2 Å². The third-order valence-corrected chi connectivity index (χ3v) is 3.99. The Hall–Kier alpha value is -0.850. The van der Waals surface area contributed by atoms with Crippen LogP contribution in [0.15, 0.2) is 18.2 Å². The van der Waals surface area contributed by atoms with Crippen molar-refractivity contribution in [3.63, 3.8) is 0 Å². The second kappa shape index (κ2) is 7.24. The van der Waals surface area contributed by atoms with Gasteiger partial charge in [0.1, 0.15) is 5.75 Å². The zero-order chi connectivity index (χ0) is 14.5. The van der Waals surface area contributed by atoms with E-state index in [9.17, 15) is 0 Å². The van der Waals surface area contributed by atoms with Gasteiger partial charge in [0, 0.05) is 43.3 Å². The van der Waals surface area contributed by atoms with E-state index in [4.69, 9.17) is 22.1 Å². The van der Waals surface area contributed by atoms with Crippen LogP contribution in [0, 0.1) is 0 Å². The second-order valence-corrected chi connectivity index (χ2v) is 5.47. The molecule has 0 bridgehead atoms. The fourth-order valence-corrected chi connectivity index (χ4v) is 2.72. The number of benzene rings is 1. The number of rotatable bonds is 5. The number of hydrazine groups is 1. The molecule has 0 spiro atoms. The van der Waals surface area contributed by atoms with Crippen molar-refractivity contribution < 1.29 is 4.74 Å². The summed E-state index contributed by atoms with van der Waals surface area (Å²) in [6, 6.07) is 5.62. The van der Waals surface area contributed by atoms with Crippen LogP contribution in [-0.2, 0) is 0 Å². The van der Waals surface area contributed by atoms with Crippen molar-refractivity contribution in [3.8, 4) is 5.75 Å². The Morgan fingerprint density at radius 1 is 1.35 bits per heavy atom. The molecular formula is C14H23ClN4O. The van der Waals surface area contributed by atoms with Crippen LogP contribution in [0.4, 0.5) is 0 Å². The lowest BCUT2D eigenvalue weighted by atomic mass is 10.1. The monoisotopic (exact) mass is 298 g/mol. The van der Waals surface area contributed by atoms with E-state index in [-0.39, 0.29) is 6.04 Å². The van der Waals surface area contributed by atoms with Crippen molar-refractivity contribution in [1.82, 2.24) is 15.3 Å². The highest BCUT2D eigenvalue weighted by atomic mass is 35.5. The third kappa shape index (κ3) is 3.62. The van der Waals surface area contributed by atoms with Gasteiger partial charge in [0.05, 0.1) is 13.2 Å². The van der Waals surface area contributed by atoms with Crippen LogP contribution in [-0.4, -0.2) is 56.8 Å². The summed E-state index contributed by atoms with van der Waals surface area (Å²) in [6.07, 6.45) is 0. The highest BCUT2D eigenvalue weighted by Crippen LogP contribution is 2.31. The maximum atomic E-state index is 6.32. The van der Waals surface area contributed by atoms with E-state index < -0.39 is 0 Å². The maximum absolute atomic E-state index is 6.32. The van der Waals surface area contributed by atoms with Gasteiger partial charge in [0.25, 0.3) is 0 Å². The fourth-order valence-electron chi connectivity index (χ4n) is 2.42. The van der Waals surface area contributed by atoms with Crippen LogP contribution >= 0.6 is 11.6 Å². The normalized spacial score (nSPS) is 19.0. The summed E-state index contributed by atoms with van der Waals surface area (Å²) in [5, 5.41) is 2.89. The van der Waals surface area contributed by atoms with Gasteiger partial charge in [0.2, 0.25) is 0 Å². The molecule has 0 aromatic heterocycles. The minimum absolute atomic E-state index is 0.0398. The Bertz CT molecular complexity index is 435. The van der Waals surface area contributed by atoms with Crippen LogP contribution in [0.3, 0.4) is 0 Å². The molecule has 1 aromatic rings. The predicted molar refractivity (Wildman–Crippen MR) is 82.0 cm³/mol. The van der Waals surface area contributed by atoms with E-state index in [1.165, 1.54) is 0 Å². The van der Waals surface area contributed by atoms with Gasteiger partial charge in [0.15, 0.2) is 0 Å².